The number of amides is 1. The van der Waals surface area contributed by atoms with E-state index in [1.165, 1.54) is 5.56 Å². The molecule has 1 saturated heterocycles. The molecule has 0 spiro atoms. The molecule has 1 fully saturated rings. The van der Waals surface area contributed by atoms with Gasteiger partial charge in [0.1, 0.15) is 11.6 Å². The van der Waals surface area contributed by atoms with Crippen molar-refractivity contribution in [3.05, 3.63) is 89.7 Å². The van der Waals surface area contributed by atoms with Crippen LogP contribution in [0.5, 0.6) is 5.75 Å². The normalized spacial score (nSPS) is 16.3. The molecule has 0 aliphatic carbocycles. The summed E-state index contributed by atoms with van der Waals surface area (Å²) in [5, 5.41) is 0. The van der Waals surface area contributed by atoms with Gasteiger partial charge in [-0.3, -0.25) is 4.79 Å². The Morgan fingerprint density at radius 3 is 2.61 bits per heavy atom. The second kappa shape index (κ2) is 7.91. The molecule has 4 aromatic rings. The number of rotatable bonds is 5. The van der Waals surface area contributed by atoms with Crippen molar-refractivity contribution in [3.8, 4) is 5.75 Å². The van der Waals surface area contributed by atoms with Crippen LogP contribution >= 0.6 is 0 Å². The van der Waals surface area contributed by atoms with Gasteiger partial charge in [-0.1, -0.05) is 36.4 Å². The highest BCUT2D eigenvalue weighted by Gasteiger charge is 2.34. The van der Waals surface area contributed by atoms with E-state index >= 15 is 0 Å². The minimum atomic E-state index is 0.0543. The minimum Gasteiger partial charge on any atom is -0.497 e. The van der Waals surface area contributed by atoms with Gasteiger partial charge in [-0.2, -0.15) is 0 Å². The molecule has 0 unspecified atom stereocenters. The van der Waals surface area contributed by atoms with E-state index in [-0.39, 0.29) is 11.8 Å². The Morgan fingerprint density at radius 1 is 1.03 bits per heavy atom. The quantitative estimate of drug-likeness (QED) is 0.468. The van der Waals surface area contributed by atoms with Crippen LogP contribution in [0, 0.1) is 6.92 Å². The molecule has 5 rings (SSSR count). The molecule has 1 aliphatic rings. The molecule has 1 atom stereocenters. The Bertz CT molecular complexity index is 1240. The van der Waals surface area contributed by atoms with Crippen molar-refractivity contribution in [2.24, 2.45) is 0 Å². The van der Waals surface area contributed by atoms with Gasteiger partial charge in [0.25, 0.3) is 0 Å². The van der Waals surface area contributed by atoms with Gasteiger partial charge >= 0.3 is 0 Å². The molecule has 0 saturated carbocycles. The van der Waals surface area contributed by atoms with Crippen molar-refractivity contribution in [1.29, 1.82) is 0 Å². The van der Waals surface area contributed by atoms with Crippen LogP contribution in [0.2, 0.25) is 0 Å². The molecule has 5 nitrogen and oxygen atoms in total. The van der Waals surface area contributed by atoms with Crippen molar-refractivity contribution >= 4 is 22.6 Å². The molecule has 156 valence electrons. The van der Waals surface area contributed by atoms with Crippen LogP contribution in [0.4, 0.5) is 5.69 Å². The highest BCUT2D eigenvalue weighted by atomic mass is 16.5. The number of aromatic nitrogens is 2. The summed E-state index contributed by atoms with van der Waals surface area (Å²) >= 11 is 0. The highest BCUT2D eigenvalue weighted by Crippen LogP contribution is 2.34. The summed E-state index contributed by atoms with van der Waals surface area (Å²) in [6.07, 6.45) is 0.472. The third-order valence-electron chi connectivity index (χ3n) is 5.99. The van der Waals surface area contributed by atoms with E-state index in [2.05, 4.69) is 41.8 Å². The number of benzene rings is 3. The molecular weight excluding hydrogens is 386 g/mol. The van der Waals surface area contributed by atoms with E-state index in [4.69, 9.17) is 9.72 Å². The lowest BCUT2D eigenvalue weighted by Crippen LogP contribution is -2.24. The Balaban J connectivity index is 1.51. The Kier molecular flexibility index (Phi) is 4.94. The summed E-state index contributed by atoms with van der Waals surface area (Å²) in [6, 6.07) is 24.4. The summed E-state index contributed by atoms with van der Waals surface area (Å²) in [6.45, 7) is 3.40. The maximum atomic E-state index is 12.9. The molecule has 0 N–H and O–H groups in total. The predicted octanol–water partition coefficient (Wildman–Crippen LogP) is 4.92. The van der Waals surface area contributed by atoms with E-state index in [1.807, 2.05) is 47.4 Å². The van der Waals surface area contributed by atoms with Gasteiger partial charge in [-0.05, 0) is 54.4 Å². The first-order valence-electron chi connectivity index (χ1n) is 10.6. The number of anilines is 1. The Labute approximate surface area is 181 Å². The van der Waals surface area contributed by atoms with Crippen molar-refractivity contribution in [2.75, 3.05) is 18.6 Å². The lowest BCUT2D eigenvalue weighted by atomic mass is 10.1. The third kappa shape index (κ3) is 3.67. The van der Waals surface area contributed by atoms with Gasteiger partial charge in [0.2, 0.25) is 5.91 Å². The zero-order chi connectivity index (χ0) is 21.4. The maximum Gasteiger partial charge on any atom is 0.227 e. The van der Waals surface area contributed by atoms with Gasteiger partial charge in [0.15, 0.2) is 0 Å². The maximum absolute atomic E-state index is 12.9. The summed E-state index contributed by atoms with van der Waals surface area (Å²) in [7, 11) is 1.67. The first-order chi connectivity index (χ1) is 15.1. The topological polar surface area (TPSA) is 47.4 Å². The molecule has 0 bridgehead atoms. The second-order valence-corrected chi connectivity index (χ2v) is 8.14. The molecule has 1 aromatic heterocycles. The predicted molar refractivity (Wildman–Crippen MR) is 123 cm³/mol. The van der Waals surface area contributed by atoms with Gasteiger partial charge in [0, 0.05) is 31.1 Å². The zero-order valence-corrected chi connectivity index (χ0v) is 17.8. The molecular formula is C26H25N3O2. The number of aryl methyl sites for hydroxylation is 1. The Hall–Kier alpha value is -3.60. The van der Waals surface area contributed by atoms with E-state index in [1.54, 1.807) is 7.11 Å². The smallest absolute Gasteiger partial charge is 0.227 e. The Morgan fingerprint density at radius 2 is 1.84 bits per heavy atom. The number of fused-ring (bicyclic) bond motifs is 1. The average Bonchev–Trinajstić information content (AvgIpc) is 3.35. The fourth-order valence-corrected chi connectivity index (χ4v) is 4.41. The first kappa shape index (κ1) is 19.4. The van der Waals surface area contributed by atoms with Crippen LogP contribution in [0.15, 0.2) is 72.8 Å². The summed E-state index contributed by atoms with van der Waals surface area (Å²) < 4.78 is 7.55. The number of para-hydroxylation sites is 2. The van der Waals surface area contributed by atoms with E-state index in [0.717, 1.165) is 33.9 Å². The molecule has 31 heavy (non-hydrogen) atoms. The molecule has 5 heteroatoms. The van der Waals surface area contributed by atoms with Gasteiger partial charge < -0.3 is 14.2 Å². The zero-order valence-electron chi connectivity index (χ0n) is 17.8. The molecule has 1 aliphatic heterocycles. The molecule has 1 amide bonds. The summed E-state index contributed by atoms with van der Waals surface area (Å²) in [5.41, 5.74) is 5.35. The summed E-state index contributed by atoms with van der Waals surface area (Å²) in [4.78, 5) is 19.8. The van der Waals surface area contributed by atoms with Crippen molar-refractivity contribution in [1.82, 2.24) is 9.55 Å². The van der Waals surface area contributed by atoms with Gasteiger partial charge in [-0.15, -0.1) is 0 Å². The number of imidazole rings is 1. The molecule has 3 aromatic carbocycles. The highest BCUT2D eigenvalue weighted by molar-refractivity contribution is 5.96. The van der Waals surface area contributed by atoms with Gasteiger partial charge in [-0.25, -0.2) is 4.98 Å². The third-order valence-corrected chi connectivity index (χ3v) is 5.99. The monoisotopic (exact) mass is 411 g/mol. The lowest BCUT2D eigenvalue weighted by Gasteiger charge is -2.18. The number of carbonyl (C=O) groups is 1. The number of carbonyl (C=O) groups excluding carboxylic acids is 1. The number of hydrogen-bond donors (Lipinski definition) is 0. The van der Waals surface area contributed by atoms with Crippen molar-refractivity contribution < 1.29 is 9.53 Å². The minimum absolute atomic E-state index is 0.0543. The standard InChI is InChI=1S/C26H25N3O2/c1-18-6-5-7-21(14-18)28-17-20(15-25(28)30)26-27-23-8-3-4-9-24(23)29(26)16-19-10-12-22(31-2)13-11-19/h3-14,20H,15-17H2,1-2H3/t20-/m1/s1. The number of methoxy groups -OCH3 is 1. The van der Waals surface area contributed by atoms with E-state index < -0.39 is 0 Å². The number of nitrogens with zero attached hydrogens (tertiary/aromatic N) is 3. The van der Waals surface area contributed by atoms with Crippen molar-refractivity contribution in [2.45, 2.75) is 25.8 Å². The van der Waals surface area contributed by atoms with Crippen LogP contribution < -0.4 is 9.64 Å². The van der Waals surface area contributed by atoms with E-state index in [9.17, 15) is 4.79 Å². The number of ether oxygens (including phenoxy) is 1. The SMILES string of the molecule is COc1ccc(Cn2c([C@@H]3CC(=O)N(c4cccc(C)c4)C3)nc3ccccc32)cc1. The first-order valence-corrected chi connectivity index (χ1v) is 10.6. The van der Waals surface area contributed by atoms with Crippen LogP contribution in [0.25, 0.3) is 11.0 Å². The number of hydrogen-bond acceptors (Lipinski definition) is 3. The largest absolute Gasteiger partial charge is 0.497 e. The average molecular weight is 412 g/mol. The van der Waals surface area contributed by atoms with Gasteiger partial charge in [0.05, 0.1) is 18.1 Å². The molecule has 2 heterocycles. The van der Waals surface area contributed by atoms with E-state index in [0.29, 0.717) is 19.5 Å². The lowest BCUT2D eigenvalue weighted by molar-refractivity contribution is -0.117. The van der Waals surface area contributed by atoms with Crippen molar-refractivity contribution in [3.63, 3.8) is 0 Å². The van der Waals surface area contributed by atoms with Crippen LogP contribution in [-0.4, -0.2) is 29.1 Å². The summed E-state index contributed by atoms with van der Waals surface area (Å²) in [5.74, 6) is 2.02. The fraction of sp³-hybridized carbons (Fsp3) is 0.231. The van der Waals surface area contributed by atoms with Crippen LogP contribution in [0.1, 0.15) is 29.3 Å². The van der Waals surface area contributed by atoms with Crippen LogP contribution in [-0.2, 0) is 11.3 Å². The fourth-order valence-electron chi connectivity index (χ4n) is 4.41. The second-order valence-electron chi connectivity index (χ2n) is 8.14. The van der Waals surface area contributed by atoms with Crippen LogP contribution in [0.3, 0.4) is 0 Å². The molecule has 0 radical (unpaired) electrons.